The molecule has 1 heterocycles. The van der Waals surface area contributed by atoms with Crippen LogP contribution in [0.2, 0.25) is 0 Å². The lowest BCUT2D eigenvalue weighted by atomic mass is 9.93. The van der Waals surface area contributed by atoms with E-state index in [1.165, 1.54) is 38.5 Å². The molecule has 19 heavy (non-hydrogen) atoms. The molecule has 1 aromatic heterocycles. The van der Waals surface area contributed by atoms with Gasteiger partial charge in [0.1, 0.15) is 5.76 Å². The fourth-order valence-corrected chi connectivity index (χ4v) is 2.82. The standard InChI is InChI=1S/C15H24N2O2/c1-11(12-6-4-2-3-5-7-12)17-15(18)14-9-8-13(10-16)19-14/h8-9,11-12H,2-7,10,16H2,1H3,(H,17,18)/t11-/m1/s1. The molecule has 1 aliphatic rings. The SMILES string of the molecule is C[C@@H](NC(=O)c1ccc(CN)o1)C1CCCCCC1. The van der Waals surface area contributed by atoms with Crippen molar-refractivity contribution in [1.29, 1.82) is 0 Å². The molecule has 1 fully saturated rings. The number of furan rings is 1. The van der Waals surface area contributed by atoms with Crippen molar-refractivity contribution in [2.45, 2.75) is 58.0 Å². The number of carbonyl (C=O) groups excluding carboxylic acids is 1. The van der Waals surface area contributed by atoms with Crippen LogP contribution in [-0.2, 0) is 6.54 Å². The molecule has 4 nitrogen and oxygen atoms in total. The lowest BCUT2D eigenvalue weighted by Gasteiger charge is -2.23. The Morgan fingerprint density at radius 1 is 1.37 bits per heavy atom. The summed E-state index contributed by atoms with van der Waals surface area (Å²) in [5.41, 5.74) is 5.47. The first-order valence-corrected chi connectivity index (χ1v) is 7.30. The third-order valence-electron chi connectivity index (χ3n) is 4.05. The predicted octanol–water partition coefficient (Wildman–Crippen LogP) is 2.83. The van der Waals surface area contributed by atoms with E-state index in [1.807, 2.05) is 0 Å². The molecule has 1 saturated carbocycles. The van der Waals surface area contributed by atoms with Crippen molar-refractivity contribution in [3.8, 4) is 0 Å². The summed E-state index contributed by atoms with van der Waals surface area (Å²) in [6, 6.07) is 3.65. The van der Waals surface area contributed by atoms with E-state index in [2.05, 4.69) is 12.2 Å². The summed E-state index contributed by atoms with van der Waals surface area (Å²) in [4.78, 5) is 12.1. The summed E-state index contributed by atoms with van der Waals surface area (Å²) < 4.78 is 5.37. The highest BCUT2D eigenvalue weighted by molar-refractivity contribution is 5.91. The average Bonchev–Trinajstić information content (AvgIpc) is 2.73. The zero-order valence-corrected chi connectivity index (χ0v) is 11.7. The maximum absolute atomic E-state index is 12.1. The summed E-state index contributed by atoms with van der Waals surface area (Å²) >= 11 is 0. The number of carbonyl (C=O) groups is 1. The van der Waals surface area contributed by atoms with E-state index < -0.39 is 0 Å². The molecule has 1 atom stereocenters. The van der Waals surface area contributed by atoms with Gasteiger partial charge in [0.05, 0.1) is 6.54 Å². The van der Waals surface area contributed by atoms with Gasteiger partial charge in [0.15, 0.2) is 5.76 Å². The normalized spacial score (nSPS) is 18.8. The lowest BCUT2D eigenvalue weighted by Crippen LogP contribution is -2.37. The molecular formula is C15H24N2O2. The molecule has 0 unspecified atom stereocenters. The first-order chi connectivity index (χ1) is 9.20. The lowest BCUT2D eigenvalue weighted by molar-refractivity contribution is 0.0894. The van der Waals surface area contributed by atoms with Gasteiger partial charge < -0.3 is 15.5 Å². The maximum Gasteiger partial charge on any atom is 0.287 e. The molecule has 1 aromatic rings. The Labute approximate surface area is 114 Å². The molecule has 106 valence electrons. The van der Waals surface area contributed by atoms with Crippen LogP contribution in [0.4, 0.5) is 0 Å². The second-order valence-electron chi connectivity index (χ2n) is 5.48. The van der Waals surface area contributed by atoms with Gasteiger partial charge in [-0.3, -0.25) is 4.79 Å². The predicted molar refractivity (Wildman–Crippen MR) is 74.7 cm³/mol. The minimum absolute atomic E-state index is 0.128. The van der Waals surface area contributed by atoms with E-state index in [4.69, 9.17) is 10.2 Å². The van der Waals surface area contributed by atoms with E-state index >= 15 is 0 Å². The summed E-state index contributed by atoms with van der Waals surface area (Å²) in [5.74, 6) is 1.47. The van der Waals surface area contributed by atoms with Gasteiger partial charge >= 0.3 is 0 Å². The van der Waals surface area contributed by atoms with Gasteiger partial charge in [-0.05, 0) is 37.8 Å². The van der Waals surface area contributed by atoms with Crippen molar-refractivity contribution in [2.75, 3.05) is 0 Å². The van der Waals surface area contributed by atoms with Crippen LogP contribution >= 0.6 is 0 Å². The largest absolute Gasteiger partial charge is 0.455 e. The van der Waals surface area contributed by atoms with E-state index in [0.29, 0.717) is 24.0 Å². The molecule has 1 aliphatic carbocycles. The maximum atomic E-state index is 12.1. The second-order valence-corrected chi connectivity index (χ2v) is 5.48. The molecule has 0 spiro atoms. The van der Waals surface area contributed by atoms with E-state index in [1.54, 1.807) is 12.1 Å². The Hall–Kier alpha value is -1.29. The zero-order chi connectivity index (χ0) is 13.7. The van der Waals surface area contributed by atoms with Crippen molar-refractivity contribution < 1.29 is 9.21 Å². The topological polar surface area (TPSA) is 68.3 Å². The zero-order valence-electron chi connectivity index (χ0n) is 11.7. The van der Waals surface area contributed by atoms with Gasteiger partial charge in [0.25, 0.3) is 5.91 Å². The van der Waals surface area contributed by atoms with Crippen molar-refractivity contribution in [3.05, 3.63) is 23.7 Å². The monoisotopic (exact) mass is 264 g/mol. The molecule has 0 aromatic carbocycles. The van der Waals surface area contributed by atoms with Gasteiger partial charge in [-0.15, -0.1) is 0 Å². The Morgan fingerprint density at radius 2 is 2.05 bits per heavy atom. The average molecular weight is 264 g/mol. The van der Waals surface area contributed by atoms with Gasteiger partial charge in [-0.25, -0.2) is 0 Å². The minimum Gasteiger partial charge on any atom is -0.455 e. The van der Waals surface area contributed by atoms with E-state index in [0.717, 1.165) is 0 Å². The summed E-state index contributed by atoms with van der Waals surface area (Å²) in [6.07, 6.45) is 7.65. The Kier molecular flexibility index (Phi) is 5.02. The Bertz CT molecular complexity index is 406. The molecular weight excluding hydrogens is 240 g/mol. The summed E-state index contributed by atoms with van der Waals surface area (Å²) in [7, 11) is 0. The number of hydrogen-bond acceptors (Lipinski definition) is 3. The van der Waals surface area contributed by atoms with Crippen molar-refractivity contribution in [1.82, 2.24) is 5.32 Å². The highest BCUT2D eigenvalue weighted by Crippen LogP contribution is 2.25. The molecule has 0 bridgehead atoms. The smallest absolute Gasteiger partial charge is 0.287 e. The molecule has 0 radical (unpaired) electrons. The first-order valence-electron chi connectivity index (χ1n) is 7.30. The Morgan fingerprint density at radius 3 is 2.63 bits per heavy atom. The number of hydrogen-bond donors (Lipinski definition) is 2. The Balaban J connectivity index is 1.90. The van der Waals surface area contributed by atoms with E-state index in [-0.39, 0.29) is 11.9 Å². The fourth-order valence-electron chi connectivity index (χ4n) is 2.82. The second kappa shape index (κ2) is 6.75. The van der Waals surface area contributed by atoms with Crippen LogP contribution < -0.4 is 11.1 Å². The number of amides is 1. The van der Waals surface area contributed by atoms with Crippen LogP contribution in [0.3, 0.4) is 0 Å². The molecule has 1 amide bonds. The van der Waals surface area contributed by atoms with Crippen LogP contribution in [0, 0.1) is 5.92 Å². The third kappa shape index (κ3) is 3.83. The number of nitrogens with one attached hydrogen (secondary N) is 1. The van der Waals surface area contributed by atoms with Crippen LogP contribution in [-0.4, -0.2) is 11.9 Å². The highest BCUT2D eigenvalue weighted by atomic mass is 16.4. The molecule has 3 N–H and O–H groups in total. The highest BCUT2D eigenvalue weighted by Gasteiger charge is 2.22. The van der Waals surface area contributed by atoms with Crippen molar-refractivity contribution in [3.63, 3.8) is 0 Å². The molecule has 0 saturated heterocycles. The van der Waals surface area contributed by atoms with Crippen LogP contribution in [0.1, 0.15) is 61.8 Å². The molecule has 4 heteroatoms. The van der Waals surface area contributed by atoms with Gasteiger partial charge in [-0.2, -0.15) is 0 Å². The van der Waals surface area contributed by atoms with Crippen LogP contribution in [0.15, 0.2) is 16.5 Å². The van der Waals surface area contributed by atoms with Crippen LogP contribution in [0.5, 0.6) is 0 Å². The summed E-state index contributed by atoms with van der Waals surface area (Å²) in [5, 5.41) is 3.06. The summed E-state index contributed by atoms with van der Waals surface area (Å²) in [6.45, 7) is 2.42. The van der Waals surface area contributed by atoms with Gasteiger partial charge in [0, 0.05) is 6.04 Å². The van der Waals surface area contributed by atoms with Gasteiger partial charge in [0.2, 0.25) is 0 Å². The van der Waals surface area contributed by atoms with Crippen LogP contribution in [0.25, 0.3) is 0 Å². The quantitative estimate of drug-likeness (QED) is 0.822. The fraction of sp³-hybridized carbons (Fsp3) is 0.667. The molecule has 0 aliphatic heterocycles. The van der Waals surface area contributed by atoms with Crippen molar-refractivity contribution >= 4 is 5.91 Å². The minimum atomic E-state index is -0.128. The number of rotatable bonds is 4. The first kappa shape index (κ1) is 14.1. The molecule has 2 rings (SSSR count). The van der Waals surface area contributed by atoms with Crippen molar-refractivity contribution in [2.24, 2.45) is 11.7 Å². The number of nitrogens with two attached hydrogens (primary N) is 1. The van der Waals surface area contributed by atoms with Gasteiger partial charge in [-0.1, -0.05) is 25.7 Å². The third-order valence-corrected chi connectivity index (χ3v) is 4.05. The van der Waals surface area contributed by atoms with E-state index in [9.17, 15) is 4.79 Å².